The molecule has 0 amide bonds. The van der Waals surface area contributed by atoms with Gasteiger partial charge in [-0.2, -0.15) is 5.10 Å². The molecule has 6 nitrogen and oxygen atoms in total. The van der Waals surface area contributed by atoms with Crippen molar-refractivity contribution in [3.8, 4) is 11.5 Å². The number of nitrogens with one attached hydrogen (secondary N) is 2. The van der Waals surface area contributed by atoms with Crippen molar-refractivity contribution in [2.45, 2.75) is 72.6 Å². The van der Waals surface area contributed by atoms with Gasteiger partial charge in [0.05, 0.1) is 10.4 Å². The Hall–Kier alpha value is -3.29. The van der Waals surface area contributed by atoms with Gasteiger partial charge in [0.1, 0.15) is 11.5 Å². The van der Waals surface area contributed by atoms with Crippen LogP contribution in [0.15, 0.2) is 61.0 Å². The molecular formula is C33H43N5OS. The first kappa shape index (κ1) is 29.7. The number of ether oxygens (including phenoxy) is 1. The third kappa shape index (κ3) is 8.60. The lowest BCUT2D eigenvalue weighted by molar-refractivity contribution is 0.405. The number of rotatable bonds is 7. The smallest absolute Gasteiger partial charge is 0.184 e. The van der Waals surface area contributed by atoms with E-state index in [1.807, 2.05) is 37.4 Å². The number of aromatic amines is 1. The van der Waals surface area contributed by atoms with Crippen molar-refractivity contribution in [3.05, 3.63) is 82.1 Å². The first-order valence-electron chi connectivity index (χ1n) is 14.5. The fourth-order valence-corrected chi connectivity index (χ4v) is 5.48. The van der Waals surface area contributed by atoms with Gasteiger partial charge < -0.3 is 10.1 Å². The standard InChI is InChI=1S/C22H23N3O.C6H13N.C5H7NS/c1-3-5-6-18(15-7-8-15)16-9-11-17(12-10-16)26-20-13-14-23-22-21(20)19(4-2)24-25-22;1-6-3-2-4-7-5-6;1-4-3-6-5(2)7-4/h3,9-14H,1,4-8H2,2H3,(H,23,24,25);6-7H,2-5H2,1H3;3H,1-2H3. The average Bonchev–Trinajstić information content (AvgIpc) is 3.60. The Bertz CT molecular complexity index is 1370. The summed E-state index contributed by atoms with van der Waals surface area (Å²) in [6.07, 6.45) is 13.8. The second kappa shape index (κ2) is 14.9. The molecule has 1 aromatic carbocycles. The minimum Gasteiger partial charge on any atom is -0.456 e. The van der Waals surface area contributed by atoms with Crippen LogP contribution in [-0.2, 0) is 6.42 Å². The second-order valence-electron chi connectivity index (χ2n) is 10.5. The molecule has 2 aliphatic rings. The molecule has 4 heterocycles. The van der Waals surface area contributed by atoms with Gasteiger partial charge in [0.15, 0.2) is 5.65 Å². The number of nitrogens with zero attached hydrogens (tertiary/aromatic N) is 3. The van der Waals surface area contributed by atoms with Crippen LogP contribution in [-0.4, -0.2) is 33.3 Å². The maximum atomic E-state index is 6.15. The molecule has 7 heteroatoms. The number of pyridine rings is 1. The van der Waals surface area contributed by atoms with E-state index < -0.39 is 0 Å². The van der Waals surface area contributed by atoms with Gasteiger partial charge in [-0.25, -0.2) is 9.97 Å². The molecule has 2 N–H and O–H groups in total. The van der Waals surface area contributed by atoms with Crippen LogP contribution in [0.5, 0.6) is 11.5 Å². The molecule has 1 saturated carbocycles. The monoisotopic (exact) mass is 557 g/mol. The van der Waals surface area contributed by atoms with Gasteiger partial charge in [-0.15, -0.1) is 17.9 Å². The average molecular weight is 558 g/mol. The van der Waals surface area contributed by atoms with Gasteiger partial charge in [-0.3, -0.25) is 5.10 Å². The summed E-state index contributed by atoms with van der Waals surface area (Å²) in [5.41, 5.74) is 6.10. The number of aryl methyl sites for hydroxylation is 3. The second-order valence-corrected chi connectivity index (χ2v) is 12.0. The summed E-state index contributed by atoms with van der Waals surface area (Å²) in [5.74, 6) is 2.54. The highest BCUT2D eigenvalue weighted by Gasteiger charge is 2.18. The number of piperidine rings is 1. The molecule has 0 radical (unpaired) electrons. The maximum Gasteiger partial charge on any atom is 0.184 e. The van der Waals surface area contributed by atoms with E-state index in [4.69, 9.17) is 4.74 Å². The van der Waals surface area contributed by atoms with Crippen molar-refractivity contribution in [1.82, 2.24) is 25.5 Å². The molecule has 2 fully saturated rings. The molecule has 212 valence electrons. The highest BCUT2D eigenvalue weighted by Crippen LogP contribution is 2.39. The van der Waals surface area contributed by atoms with Crippen LogP contribution in [0.2, 0.25) is 0 Å². The zero-order valence-electron chi connectivity index (χ0n) is 24.4. The molecule has 1 aliphatic carbocycles. The first-order valence-corrected chi connectivity index (χ1v) is 15.3. The third-order valence-corrected chi connectivity index (χ3v) is 7.91. The minimum absolute atomic E-state index is 0.696. The SMILES string of the molecule is C=CCCC(=C1CC1)c1ccc(Oc2ccnc3n[nH]c(CC)c23)cc1.CC1CCCNC1.Cc1cnc(C)s1. The third-order valence-electron chi connectivity index (χ3n) is 7.08. The topological polar surface area (TPSA) is 75.7 Å². The van der Waals surface area contributed by atoms with E-state index in [-0.39, 0.29) is 0 Å². The Morgan fingerprint density at radius 2 is 1.95 bits per heavy atom. The van der Waals surface area contributed by atoms with E-state index in [1.54, 1.807) is 23.1 Å². The van der Waals surface area contributed by atoms with Crippen molar-refractivity contribution in [3.63, 3.8) is 0 Å². The lowest BCUT2D eigenvalue weighted by Gasteiger charge is -2.17. The fourth-order valence-electron chi connectivity index (χ4n) is 4.80. The zero-order valence-corrected chi connectivity index (χ0v) is 25.2. The molecular weight excluding hydrogens is 514 g/mol. The fraction of sp³-hybridized carbons (Fsp3) is 0.424. The summed E-state index contributed by atoms with van der Waals surface area (Å²) < 4.78 is 6.15. The highest BCUT2D eigenvalue weighted by atomic mass is 32.1. The Kier molecular flexibility index (Phi) is 11.1. The summed E-state index contributed by atoms with van der Waals surface area (Å²) in [6, 6.07) is 10.3. The van der Waals surface area contributed by atoms with Gasteiger partial charge in [0.25, 0.3) is 0 Å². The number of thiazole rings is 1. The van der Waals surface area contributed by atoms with Gasteiger partial charge in [0, 0.05) is 23.0 Å². The number of hydrogen-bond acceptors (Lipinski definition) is 6. The van der Waals surface area contributed by atoms with E-state index >= 15 is 0 Å². The Balaban J connectivity index is 0.000000215. The molecule has 6 rings (SSSR count). The van der Waals surface area contributed by atoms with E-state index in [0.29, 0.717) is 5.65 Å². The highest BCUT2D eigenvalue weighted by molar-refractivity contribution is 7.11. The predicted octanol–water partition coefficient (Wildman–Crippen LogP) is 8.59. The summed E-state index contributed by atoms with van der Waals surface area (Å²) in [7, 11) is 0. The Morgan fingerprint density at radius 1 is 1.15 bits per heavy atom. The van der Waals surface area contributed by atoms with E-state index in [2.05, 4.69) is 65.0 Å². The molecule has 3 aromatic heterocycles. The number of fused-ring (bicyclic) bond motifs is 1. The van der Waals surface area contributed by atoms with Gasteiger partial charge in [0.2, 0.25) is 0 Å². The Labute approximate surface area is 243 Å². The molecule has 1 atom stereocenters. The molecule has 40 heavy (non-hydrogen) atoms. The molecule has 0 bridgehead atoms. The van der Waals surface area contributed by atoms with Crippen LogP contribution in [0.3, 0.4) is 0 Å². The van der Waals surface area contributed by atoms with Crippen LogP contribution in [0.25, 0.3) is 16.6 Å². The van der Waals surface area contributed by atoms with Gasteiger partial charge in [-0.05, 0) is 107 Å². The van der Waals surface area contributed by atoms with Crippen molar-refractivity contribution in [2.24, 2.45) is 5.92 Å². The summed E-state index contributed by atoms with van der Waals surface area (Å²) in [6.45, 7) is 14.8. The summed E-state index contributed by atoms with van der Waals surface area (Å²) in [4.78, 5) is 9.63. The van der Waals surface area contributed by atoms with Crippen LogP contribution in [0, 0.1) is 19.8 Å². The number of aromatic nitrogens is 4. The molecule has 4 aromatic rings. The van der Waals surface area contributed by atoms with Crippen molar-refractivity contribution in [1.29, 1.82) is 0 Å². The van der Waals surface area contributed by atoms with Crippen LogP contribution >= 0.6 is 11.3 Å². The van der Waals surface area contributed by atoms with Crippen LogP contribution in [0.1, 0.15) is 73.5 Å². The predicted molar refractivity (Wildman–Crippen MR) is 168 cm³/mol. The quantitative estimate of drug-likeness (QED) is 0.223. The summed E-state index contributed by atoms with van der Waals surface area (Å²) in [5, 5.41) is 12.7. The molecule has 1 unspecified atom stereocenters. The number of allylic oxidation sites excluding steroid dienone is 3. The van der Waals surface area contributed by atoms with E-state index in [9.17, 15) is 0 Å². The molecule has 1 aliphatic heterocycles. The van der Waals surface area contributed by atoms with Crippen molar-refractivity contribution < 1.29 is 4.74 Å². The lowest BCUT2D eigenvalue weighted by atomic mass is 10.00. The van der Waals surface area contributed by atoms with Crippen LogP contribution < -0.4 is 10.1 Å². The number of H-pyrrole nitrogens is 1. The van der Waals surface area contributed by atoms with Gasteiger partial charge >= 0.3 is 0 Å². The largest absolute Gasteiger partial charge is 0.456 e. The van der Waals surface area contributed by atoms with Gasteiger partial charge in [-0.1, -0.05) is 37.6 Å². The summed E-state index contributed by atoms with van der Waals surface area (Å²) >= 11 is 1.73. The van der Waals surface area contributed by atoms with Crippen molar-refractivity contribution >= 4 is 27.9 Å². The van der Waals surface area contributed by atoms with E-state index in [1.165, 1.54) is 54.8 Å². The molecule has 1 saturated heterocycles. The number of hydrogen-bond donors (Lipinski definition) is 2. The molecule has 0 spiro atoms. The zero-order chi connectivity index (χ0) is 28.3. The maximum absolute atomic E-state index is 6.15. The lowest BCUT2D eigenvalue weighted by Crippen LogP contribution is -2.27. The number of benzene rings is 1. The normalized spacial score (nSPS) is 15.9. The Morgan fingerprint density at radius 3 is 2.48 bits per heavy atom. The van der Waals surface area contributed by atoms with Crippen LogP contribution in [0.4, 0.5) is 0 Å². The van der Waals surface area contributed by atoms with E-state index in [0.717, 1.165) is 52.8 Å². The minimum atomic E-state index is 0.696. The first-order chi connectivity index (χ1) is 19.5. The van der Waals surface area contributed by atoms with Crippen molar-refractivity contribution in [2.75, 3.05) is 13.1 Å².